The molecule has 1 fully saturated rings. The lowest BCUT2D eigenvalue weighted by Gasteiger charge is -2.35. The molecule has 7 heteroatoms. The van der Waals surface area contributed by atoms with Gasteiger partial charge in [-0.15, -0.1) is 0 Å². The molecule has 2 amide bonds. The van der Waals surface area contributed by atoms with Crippen molar-refractivity contribution in [3.8, 4) is 0 Å². The highest BCUT2D eigenvalue weighted by atomic mass is 19.1. The first-order valence-electron chi connectivity index (χ1n) is 9.50. The van der Waals surface area contributed by atoms with Gasteiger partial charge in [0.05, 0.1) is 5.56 Å². The third kappa shape index (κ3) is 4.99. The molecular weight excluding hydrogens is 375 g/mol. The van der Waals surface area contributed by atoms with Crippen LogP contribution in [0.5, 0.6) is 0 Å². The van der Waals surface area contributed by atoms with Crippen molar-refractivity contribution in [2.75, 3.05) is 26.2 Å². The van der Waals surface area contributed by atoms with Crippen LogP contribution in [0.2, 0.25) is 0 Å². The van der Waals surface area contributed by atoms with E-state index in [9.17, 15) is 18.8 Å². The van der Waals surface area contributed by atoms with Crippen LogP contribution in [0.3, 0.4) is 0 Å². The fourth-order valence-corrected chi connectivity index (χ4v) is 3.29. The molecule has 1 N–H and O–H groups in total. The number of rotatable bonds is 5. The Labute approximate surface area is 168 Å². The third-order valence-electron chi connectivity index (χ3n) is 5.17. The number of carboxylic acids is 1. The van der Waals surface area contributed by atoms with Crippen molar-refractivity contribution in [3.63, 3.8) is 0 Å². The van der Waals surface area contributed by atoms with Crippen molar-refractivity contribution in [1.82, 2.24) is 9.80 Å². The Morgan fingerprint density at radius 1 is 0.931 bits per heavy atom. The topological polar surface area (TPSA) is 77.9 Å². The smallest absolute Gasteiger partial charge is 0.335 e. The number of benzene rings is 2. The van der Waals surface area contributed by atoms with Gasteiger partial charge in [0.25, 0.3) is 5.91 Å². The Morgan fingerprint density at radius 2 is 1.52 bits per heavy atom. The van der Waals surface area contributed by atoms with Gasteiger partial charge in [0, 0.05) is 38.2 Å². The van der Waals surface area contributed by atoms with Gasteiger partial charge >= 0.3 is 5.97 Å². The Bertz CT molecular complexity index is 919. The molecule has 0 aromatic heterocycles. The SMILES string of the molecule is Cc1ccc(C(=O)N2CCN(C(=O)CCc3ccc(C(=O)O)cc3)CC2)cc1F. The minimum Gasteiger partial charge on any atom is -0.478 e. The van der Waals surface area contributed by atoms with Gasteiger partial charge in [0.15, 0.2) is 0 Å². The van der Waals surface area contributed by atoms with Gasteiger partial charge in [-0.2, -0.15) is 0 Å². The van der Waals surface area contributed by atoms with Gasteiger partial charge in [0.1, 0.15) is 5.82 Å². The van der Waals surface area contributed by atoms with Crippen LogP contribution in [0.4, 0.5) is 4.39 Å². The molecule has 0 unspecified atom stereocenters. The maximum absolute atomic E-state index is 13.7. The molecule has 0 radical (unpaired) electrons. The fraction of sp³-hybridized carbons (Fsp3) is 0.318. The summed E-state index contributed by atoms with van der Waals surface area (Å²) in [4.78, 5) is 39.2. The Morgan fingerprint density at radius 3 is 2.10 bits per heavy atom. The van der Waals surface area contributed by atoms with Crippen LogP contribution in [0.25, 0.3) is 0 Å². The van der Waals surface area contributed by atoms with Crippen molar-refractivity contribution in [2.45, 2.75) is 19.8 Å². The quantitative estimate of drug-likeness (QED) is 0.840. The first-order chi connectivity index (χ1) is 13.8. The van der Waals surface area contributed by atoms with E-state index in [1.807, 2.05) is 0 Å². The van der Waals surface area contributed by atoms with Crippen LogP contribution >= 0.6 is 0 Å². The number of carboxylic acid groups (broad SMARTS) is 1. The molecule has 2 aromatic carbocycles. The maximum Gasteiger partial charge on any atom is 0.335 e. The van der Waals surface area contributed by atoms with Crippen molar-refractivity contribution >= 4 is 17.8 Å². The number of piperazine rings is 1. The molecule has 1 heterocycles. The zero-order valence-corrected chi connectivity index (χ0v) is 16.2. The second kappa shape index (κ2) is 8.86. The van der Waals surface area contributed by atoms with Crippen molar-refractivity contribution < 1.29 is 23.9 Å². The number of hydrogen-bond acceptors (Lipinski definition) is 3. The monoisotopic (exact) mass is 398 g/mol. The van der Waals surface area contributed by atoms with Crippen molar-refractivity contribution in [2.24, 2.45) is 0 Å². The predicted molar refractivity (Wildman–Crippen MR) is 105 cm³/mol. The molecule has 1 aliphatic heterocycles. The third-order valence-corrected chi connectivity index (χ3v) is 5.17. The lowest BCUT2D eigenvalue weighted by molar-refractivity contribution is -0.132. The van der Waals surface area contributed by atoms with Gasteiger partial charge in [-0.25, -0.2) is 9.18 Å². The van der Waals surface area contributed by atoms with Crippen molar-refractivity contribution in [1.29, 1.82) is 0 Å². The molecule has 29 heavy (non-hydrogen) atoms. The highest BCUT2D eigenvalue weighted by molar-refractivity contribution is 5.94. The van der Waals surface area contributed by atoms with E-state index in [0.717, 1.165) is 5.56 Å². The average molecular weight is 398 g/mol. The van der Waals surface area contributed by atoms with Gasteiger partial charge < -0.3 is 14.9 Å². The summed E-state index contributed by atoms with van der Waals surface area (Å²) in [5.41, 5.74) is 1.93. The van der Waals surface area contributed by atoms with Gasteiger partial charge in [0.2, 0.25) is 5.91 Å². The number of aryl methyl sites for hydroxylation is 2. The van der Waals surface area contributed by atoms with Gasteiger partial charge in [-0.3, -0.25) is 9.59 Å². The van der Waals surface area contributed by atoms with E-state index in [4.69, 9.17) is 5.11 Å². The van der Waals surface area contributed by atoms with Crippen molar-refractivity contribution in [3.05, 3.63) is 70.5 Å². The lowest BCUT2D eigenvalue weighted by Crippen LogP contribution is -2.50. The second-order valence-electron chi connectivity index (χ2n) is 7.14. The van der Waals surface area contributed by atoms with Gasteiger partial charge in [-0.1, -0.05) is 18.2 Å². The first kappa shape index (κ1) is 20.5. The second-order valence-corrected chi connectivity index (χ2v) is 7.14. The number of aromatic carboxylic acids is 1. The van der Waals surface area contributed by atoms with E-state index in [-0.39, 0.29) is 17.4 Å². The fourth-order valence-electron chi connectivity index (χ4n) is 3.29. The Hall–Kier alpha value is -3.22. The normalized spacial score (nSPS) is 14.0. The minimum atomic E-state index is -0.978. The van der Waals surface area contributed by atoms with E-state index < -0.39 is 11.8 Å². The predicted octanol–water partition coefficient (Wildman–Crippen LogP) is 2.75. The molecule has 6 nitrogen and oxygen atoms in total. The molecule has 152 valence electrons. The van der Waals surface area contributed by atoms with Crippen LogP contribution in [-0.2, 0) is 11.2 Å². The summed E-state index contributed by atoms with van der Waals surface area (Å²) in [6, 6.07) is 11.0. The molecule has 1 saturated heterocycles. The maximum atomic E-state index is 13.7. The molecule has 0 spiro atoms. The number of hydrogen-bond donors (Lipinski definition) is 1. The Kier molecular flexibility index (Phi) is 6.26. The van der Waals surface area contributed by atoms with E-state index in [1.54, 1.807) is 41.0 Å². The number of nitrogens with zero attached hydrogens (tertiary/aromatic N) is 2. The van der Waals surface area contributed by atoms with Crippen LogP contribution < -0.4 is 0 Å². The summed E-state index contributed by atoms with van der Waals surface area (Å²) in [6.07, 6.45) is 0.851. The molecule has 3 rings (SSSR count). The number of carbonyl (C=O) groups excluding carboxylic acids is 2. The minimum absolute atomic E-state index is 0.000732. The van der Waals surface area contributed by atoms with Crippen LogP contribution in [0.15, 0.2) is 42.5 Å². The summed E-state index contributed by atoms with van der Waals surface area (Å²) >= 11 is 0. The number of carbonyl (C=O) groups is 3. The number of amides is 2. The molecule has 1 aliphatic rings. The van der Waals surface area contributed by atoms with E-state index in [0.29, 0.717) is 50.1 Å². The van der Waals surface area contributed by atoms with Crippen LogP contribution in [-0.4, -0.2) is 58.9 Å². The standard InChI is InChI=1S/C22H23FN2O4/c1-15-2-6-18(14-19(15)23)21(27)25-12-10-24(11-13-25)20(26)9-5-16-3-7-17(8-4-16)22(28)29/h2-4,6-8,14H,5,9-13H2,1H3,(H,28,29). The highest BCUT2D eigenvalue weighted by Gasteiger charge is 2.25. The van der Waals surface area contributed by atoms with E-state index >= 15 is 0 Å². The average Bonchev–Trinajstić information content (AvgIpc) is 2.74. The van der Waals surface area contributed by atoms with E-state index in [2.05, 4.69) is 0 Å². The molecule has 0 atom stereocenters. The molecule has 0 aliphatic carbocycles. The largest absolute Gasteiger partial charge is 0.478 e. The summed E-state index contributed by atoms with van der Waals surface area (Å²) in [7, 11) is 0. The molecule has 2 aromatic rings. The molecule has 0 bridgehead atoms. The summed E-state index contributed by atoms with van der Waals surface area (Å²) < 4.78 is 13.7. The lowest BCUT2D eigenvalue weighted by atomic mass is 10.1. The summed E-state index contributed by atoms with van der Waals surface area (Å²) in [5, 5.41) is 8.92. The summed E-state index contributed by atoms with van der Waals surface area (Å²) in [6.45, 7) is 3.35. The molecular formula is C22H23FN2O4. The molecule has 0 saturated carbocycles. The van der Waals surface area contributed by atoms with Crippen LogP contribution in [0, 0.1) is 12.7 Å². The zero-order chi connectivity index (χ0) is 21.0. The van der Waals surface area contributed by atoms with Crippen LogP contribution in [0.1, 0.15) is 38.3 Å². The highest BCUT2D eigenvalue weighted by Crippen LogP contribution is 2.14. The first-order valence-corrected chi connectivity index (χ1v) is 9.50. The number of halogens is 1. The van der Waals surface area contributed by atoms with E-state index in [1.165, 1.54) is 18.2 Å². The zero-order valence-electron chi connectivity index (χ0n) is 16.2. The van der Waals surface area contributed by atoms with Gasteiger partial charge in [-0.05, 0) is 48.7 Å². The summed E-state index contributed by atoms with van der Waals surface area (Å²) in [5.74, 6) is -1.61. The Balaban J connectivity index is 1.49.